The molecule has 1 N–H and O–H groups in total. The fourth-order valence-corrected chi connectivity index (χ4v) is 8.83. The van der Waals surface area contributed by atoms with E-state index in [1.807, 2.05) is 18.6 Å². The predicted molar refractivity (Wildman–Crippen MR) is 213 cm³/mol. The van der Waals surface area contributed by atoms with Gasteiger partial charge in [-0.15, -0.1) is 0 Å². The molecular weight excluding hydrogens is 619 g/mol. The second-order valence-electron chi connectivity index (χ2n) is 13.5. The second-order valence-corrected chi connectivity index (χ2v) is 13.5. The second kappa shape index (κ2) is 10.9. The predicted octanol–water partition coefficient (Wildman–Crippen LogP) is 12.1. The van der Waals surface area contributed by atoms with Crippen LogP contribution in [0.2, 0.25) is 0 Å². The van der Waals surface area contributed by atoms with Crippen LogP contribution < -0.4 is 5.32 Å². The number of nitrogens with zero attached hydrogens (tertiary/aromatic N) is 2. The van der Waals surface area contributed by atoms with Gasteiger partial charge in [-0.1, -0.05) is 127 Å². The summed E-state index contributed by atoms with van der Waals surface area (Å²) in [5.74, 6) is 0. The van der Waals surface area contributed by atoms with Gasteiger partial charge in [0.25, 0.3) is 0 Å². The fraction of sp³-hybridized carbons (Fsp3) is 0.0208. The van der Waals surface area contributed by atoms with Crippen LogP contribution in [0.3, 0.4) is 0 Å². The van der Waals surface area contributed by atoms with Crippen LogP contribution in [0.15, 0.2) is 164 Å². The molecular formula is C48H31N3. The Labute approximate surface area is 295 Å². The number of aromatic nitrogens is 2. The van der Waals surface area contributed by atoms with Gasteiger partial charge in [0.15, 0.2) is 0 Å². The van der Waals surface area contributed by atoms with Crippen molar-refractivity contribution < 1.29 is 0 Å². The first-order chi connectivity index (χ1) is 25.3. The van der Waals surface area contributed by atoms with Gasteiger partial charge in [-0.05, 0) is 108 Å². The molecule has 0 saturated carbocycles. The Morgan fingerprint density at radius 2 is 1.14 bits per heavy atom. The third-order valence-electron chi connectivity index (χ3n) is 10.9. The minimum absolute atomic E-state index is 0.793. The molecule has 2 aromatic heterocycles. The molecule has 1 aliphatic carbocycles. The van der Waals surface area contributed by atoms with E-state index < -0.39 is 0 Å². The number of hydrogen-bond donors (Lipinski definition) is 1. The number of benzene rings is 7. The monoisotopic (exact) mass is 649 g/mol. The molecule has 9 aromatic rings. The summed E-state index contributed by atoms with van der Waals surface area (Å²) in [6.07, 6.45) is 8.11. The summed E-state index contributed by atoms with van der Waals surface area (Å²) in [7, 11) is 0. The van der Waals surface area contributed by atoms with Crippen molar-refractivity contribution in [1.29, 1.82) is 0 Å². The molecule has 3 heterocycles. The first kappa shape index (κ1) is 28.2. The summed E-state index contributed by atoms with van der Waals surface area (Å²) in [5.41, 5.74) is 17.6. The Kier molecular flexibility index (Phi) is 6.02. The summed E-state index contributed by atoms with van der Waals surface area (Å²) >= 11 is 0. The van der Waals surface area contributed by atoms with Crippen molar-refractivity contribution in [2.45, 2.75) is 6.54 Å². The molecule has 51 heavy (non-hydrogen) atoms. The van der Waals surface area contributed by atoms with E-state index in [1.165, 1.54) is 99.3 Å². The van der Waals surface area contributed by atoms with E-state index in [2.05, 4.69) is 167 Å². The van der Waals surface area contributed by atoms with Crippen LogP contribution in [0.4, 0.5) is 0 Å². The molecule has 7 aromatic carbocycles. The van der Waals surface area contributed by atoms with E-state index in [4.69, 9.17) is 0 Å². The van der Waals surface area contributed by atoms with Crippen molar-refractivity contribution >= 4 is 38.5 Å². The van der Waals surface area contributed by atoms with Crippen LogP contribution in [0, 0.1) is 0 Å². The third kappa shape index (κ3) is 4.03. The summed E-state index contributed by atoms with van der Waals surface area (Å²) in [5, 5.41) is 9.74. The smallest absolute Gasteiger partial charge is 0.0569 e. The molecule has 3 nitrogen and oxygen atoms in total. The molecule has 11 rings (SSSR count). The van der Waals surface area contributed by atoms with Crippen molar-refractivity contribution in [3.8, 4) is 61.3 Å². The van der Waals surface area contributed by atoms with E-state index >= 15 is 0 Å². The van der Waals surface area contributed by atoms with Crippen molar-refractivity contribution in [3.05, 3.63) is 175 Å². The first-order valence-corrected chi connectivity index (χ1v) is 17.6. The highest BCUT2D eigenvalue weighted by Gasteiger charge is 2.31. The van der Waals surface area contributed by atoms with E-state index in [9.17, 15) is 0 Å². The molecule has 3 heteroatoms. The Morgan fingerprint density at radius 3 is 1.88 bits per heavy atom. The molecule has 0 radical (unpaired) electrons. The van der Waals surface area contributed by atoms with Crippen molar-refractivity contribution in [2.24, 2.45) is 0 Å². The van der Waals surface area contributed by atoms with Crippen molar-refractivity contribution in [2.75, 3.05) is 0 Å². The van der Waals surface area contributed by atoms with Crippen LogP contribution >= 0.6 is 0 Å². The SMILES string of the molecule is C1=Cc2c(c3cnccc3n2-c2cccc(-c3ccc4c5c(cccc35)-c3c-4c(-c4ccccc4)c4ccccc4c3-c3ccccc3)c2)CN1. The van der Waals surface area contributed by atoms with Gasteiger partial charge in [0.2, 0.25) is 0 Å². The molecule has 0 spiro atoms. The lowest BCUT2D eigenvalue weighted by Crippen LogP contribution is -2.10. The van der Waals surface area contributed by atoms with Gasteiger partial charge in [0.1, 0.15) is 0 Å². The standard InChI is InChI=1S/C48H31N3/c1-3-11-30(12-4-1)44-36-17-7-8-18-37(36)45(31-13-5-2-6-14-31)48-39-22-21-34(35-19-10-20-38(46(35)39)47(44)48)32-15-9-16-33(27-32)51-42-23-25-49-28-40(42)41-29-50-26-24-43(41)51/h1-28,50H,29H2. The average Bonchev–Trinajstić information content (AvgIpc) is 3.72. The molecule has 0 fully saturated rings. The lowest BCUT2D eigenvalue weighted by Gasteiger charge is -2.20. The lowest BCUT2D eigenvalue weighted by atomic mass is 9.82. The van der Waals surface area contributed by atoms with Crippen LogP contribution in [0.5, 0.6) is 0 Å². The summed E-state index contributed by atoms with van der Waals surface area (Å²) in [6, 6.07) is 53.6. The van der Waals surface area contributed by atoms with Gasteiger partial charge < -0.3 is 9.88 Å². The van der Waals surface area contributed by atoms with E-state index in [0.29, 0.717) is 0 Å². The molecule has 0 saturated heterocycles. The van der Waals surface area contributed by atoms with Gasteiger partial charge in [0, 0.05) is 35.6 Å². The summed E-state index contributed by atoms with van der Waals surface area (Å²) in [4.78, 5) is 4.47. The summed E-state index contributed by atoms with van der Waals surface area (Å²) < 4.78 is 2.38. The maximum atomic E-state index is 4.47. The number of rotatable bonds is 4. The highest BCUT2D eigenvalue weighted by molar-refractivity contribution is 6.28. The van der Waals surface area contributed by atoms with E-state index in [1.54, 1.807) is 0 Å². The van der Waals surface area contributed by atoms with Crippen LogP contribution in [0.1, 0.15) is 11.3 Å². The highest BCUT2D eigenvalue weighted by Crippen LogP contribution is 2.58. The Hall–Kier alpha value is -6.71. The maximum Gasteiger partial charge on any atom is 0.0569 e. The fourth-order valence-electron chi connectivity index (χ4n) is 8.83. The maximum absolute atomic E-state index is 4.47. The minimum Gasteiger partial charge on any atom is -0.387 e. The zero-order valence-electron chi connectivity index (χ0n) is 27.8. The molecule has 0 amide bonds. The zero-order valence-corrected chi connectivity index (χ0v) is 27.8. The largest absolute Gasteiger partial charge is 0.387 e. The van der Waals surface area contributed by atoms with Gasteiger partial charge in [-0.2, -0.15) is 0 Å². The van der Waals surface area contributed by atoms with Crippen LogP contribution in [-0.4, -0.2) is 9.55 Å². The molecule has 2 aliphatic rings. The highest BCUT2D eigenvalue weighted by atomic mass is 15.0. The third-order valence-corrected chi connectivity index (χ3v) is 10.9. The topological polar surface area (TPSA) is 29.9 Å². The van der Waals surface area contributed by atoms with Gasteiger partial charge >= 0.3 is 0 Å². The minimum atomic E-state index is 0.793. The number of hydrogen-bond acceptors (Lipinski definition) is 2. The number of fused-ring (bicyclic) bond motifs is 7. The number of nitrogens with one attached hydrogen (secondary N) is 1. The summed E-state index contributed by atoms with van der Waals surface area (Å²) in [6.45, 7) is 0.793. The molecule has 0 bridgehead atoms. The van der Waals surface area contributed by atoms with Gasteiger partial charge in [-0.3, -0.25) is 4.98 Å². The van der Waals surface area contributed by atoms with Gasteiger partial charge in [-0.25, -0.2) is 0 Å². The quantitative estimate of drug-likeness (QED) is 0.206. The van der Waals surface area contributed by atoms with Crippen LogP contribution in [0.25, 0.3) is 99.8 Å². The van der Waals surface area contributed by atoms with Crippen molar-refractivity contribution in [3.63, 3.8) is 0 Å². The van der Waals surface area contributed by atoms with E-state index in [0.717, 1.165) is 12.2 Å². The molecule has 0 atom stereocenters. The Bertz CT molecular complexity index is 2800. The molecule has 0 unspecified atom stereocenters. The number of pyridine rings is 1. The Balaban J connectivity index is 1.19. The average molecular weight is 650 g/mol. The molecule has 1 aliphatic heterocycles. The Morgan fingerprint density at radius 1 is 0.510 bits per heavy atom. The van der Waals surface area contributed by atoms with Gasteiger partial charge in [0.05, 0.1) is 11.2 Å². The molecule has 238 valence electrons. The van der Waals surface area contributed by atoms with Crippen molar-refractivity contribution in [1.82, 2.24) is 14.9 Å². The van der Waals surface area contributed by atoms with E-state index in [-0.39, 0.29) is 0 Å². The lowest BCUT2D eigenvalue weighted by molar-refractivity contribution is 0.855. The zero-order chi connectivity index (χ0) is 33.5. The van der Waals surface area contributed by atoms with Crippen LogP contribution in [-0.2, 0) is 6.54 Å². The first-order valence-electron chi connectivity index (χ1n) is 17.6. The normalized spacial score (nSPS) is 12.7.